The van der Waals surface area contributed by atoms with Gasteiger partial charge in [-0.05, 0) is 63.0 Å². The van der Waals surface area contributed by atoms with Gasteiger partial charge in [0, 0.05) is 36.5 Å². The zero-order valence-electron chi connectivity index (χ0n) is 16.8. The summed E-state index contributed by atoms with van der Waals surface area (Å²) in [5, 5.41) is 10.5. The van der Waals surface area contributed by atoms with Crippen molar-refractivity contribution < 1.29 is 4.79 Å². The molecule has 2 atom stereocenters. The average molecular weight is 377 g/mol. The molecule has 2 aliphatic heterocycles. The Hall–Kier alpha value is -2.45. The third-order valence-corrected chi connectivity index (χ3v) is 6.40. The molecule has 4 rings (SSSR count). The van der Waals surface area contributed by atoms with Crippen LogP contribution in [0.5, 0.6) is 0 Å². The standard InChI is InChI=1S/C23H28N4O/c1-16-12-19(15-27(14-16)23(28)17-7-10-26(2)11-8-17)20-6-5-18(13-24)22-21(20)4-3-9-25-22/h3-6,9,16-17,19H,7-8,10-12,14-15H2,1-2H3/t16-,19?/m1/s1. The van der Waals surface area contributed by atoms with Crippen molar-refractivity contribution in [2.24, 2.45) is 11.8 Å². The van der Waals surface area contributed by atoms with E-state index in [1.165, 1.54) is 5.56 Å². The number of fused-ring (bicyclic) bond motifs is 1. The van der Waals surface area contributed by atoms with Gasteiger partial charge in [0.2, 0.25) is 5.91 Å². The molecule has 1 unspecified atom stereocenters. The lowest BCUT2D eigenvalue weighted by atomic mass is 9.82. The molecule has 1 aromatic heterocycles. The fraction of sp³-hybridized carbons (Fsp3) is 0.522. The fourth-order valence-corrected chi connectivity index (χ4v) is 4.91. The molecule has 0 N–H and O–H groups in total. The van der Waals surface area contributed by atoms with Crippen molar-refractivity contribution in [3.8, 4) is 6.07 Å². The summed E-state index contributed by atoms with van der Waals surface area (Å²) in [5.41, 5.74) is 2.60. The van der Waals surface area contributed by atoms with Crippen molar-refractivity contribution in [2.75, 3.05) is 33.2 Å². The number of piperidine rings is 2. The van der Waals surface area contributed by atoms with Crippen LogP contribution in [-0.2, 0) is 4.79 Å². The Morgan fingerprint density at radius 2 is 2.00 bits per heavy atom. The van der Waals surface area contributed by atoms with Gasteiger partial charge in [0.15, 0.2) is 0 Å². The first kappa shape index (κ1) is 18.9. The highest BCUT2D eigenvalue weighted by Crippen LogP contribution is 2.35. The van der Waals surface area contributed by atoms with E-state index in [2.05, 4.69) is 47.0 Å². The first-order valence-electron chi connectivity index (χ1n) is 10.3. The van der Waals surface area contributed by atoms with E-state index in [1.807, 2.05) is 12.1 Å². The summed E-state index contributed by atoms with van der Waals surface area (Å²) in [6.07, 6.45) is 4.74. The van der Waals surface area contributed by atoms with Gasteiger partial charge in [-0.1, -0.05) is 19.1 Å². The van der Waals surface area contributed by atoms with E-state index < -0.39 is 0 Å². The molecule has 5 nitrogen and oxygen atoms in total. The monoisotopic (exact) mass is 376 g/mol. The first-order valence-corrected chi connectivity index (χ1v) is 10.3. The van der Waals surface area contributed by atoms with Crippen molar-refractivity contribution in [3.63, 3.8) is 0 Å². The summed E-state index contributed by atoms with van der Waals surface area (Å²) in [6.45, 7) is 5.88. The molecule has 0 spiro atoms. The van der Waals surface area contributed by atoms with Gasteiger partial charge in [-0.25, -0.2) is 0 Å². The van der Waals surface area contributed by atoms with Gasteiger partial charge in [-0.3, -0.25) is 9.78 Å². The number of amides is 1. The van der Waals surface area contributed by atoms with Crippen molar-refractivity contribution in [1.82, 2.24) is 14.8 Å². The molecule has 146 valence electrons. The first-order chi connectivity index (χ1) is 13.6. The van der Waals surface area contributed by atoms with Gasteiger partial charge in [0.25, 0.3) is 0 Å². The molecule has 1 aromatic carbocycles. The number of benzene rings is 1. The minimum Gasteiger partial charge on any atom is -0.342 e. The SMILES string of the molecule is C[C@@H]1CC(c2ccc(C#N)c3ncccc23)CN(C(=O)C2CCN(C)CC2)C1. The van der Waals surface area contributed by atoms with Gasteiger partial charge in [-0.2, -0.15) is 5.26 Å². The number of hydrogen-bond donors (Lipinski definition) is 0. The van der Waals surface area contributed by atoms with E-state index in [9.17, 15) is 10.1 Å². The smallest absolute Gasteiger partial charge is 0.225 e. The quantitative estimate of drug-likeness (QED) is 0.806. The number of hydrogen-bond acceptors (Lipinski definition) is 4. The van der Waals surface area contributed by atoms with Crippen LogP contribution in [0.3, 0.4) is 0 Å². The number of pyridine rings is 1. The highest BCUT2D eigenvalue weighted by Gasteiger charge is 2.34. The molecule has 5 heteroatoms. The van der Waals surface area contributed by atoms with Crippen LogP contribution in [0.25, 0.3) is 10.9 Å². The van der Waals surface area contributed by atoms with Crippen LogP contribution in [0.15, 0.2) is 30.5 Å². The van der Waals surface area contributed by atoms with Crippen molar-refractivity contribution >= 4 is 16.8 Å². The molecule has 2 saturated heterocycles. The van der Waals surface area contributed by atoms with Crippen LogP contribution in [0.4, 0.5) is 0 Å². The van der Waals surface area contributed by atoms with Crippen LogP contribution < -0.4 is 0 Å². The van der Waals surface area contributed by atoms with Crippen molar-refractivity contribution in [3.05, 3.63) is 41.6 Å². The van der Waals surface area contributed by atoms with E-state index >= 15 is 0 Å². The summed E-state index contributed by atoms with van der Waals surface area (Å²) in [5.74, 6) is 1.26. The number of aromatic nitrogens is 1. The zero-order chi connectivity index (χ0) is 19.7. The lowest BCUT2D eigenvalue weighted by molar-refractivity contribution is -0.139. The third kappa shape index (κ3) is 3.62. The van der Waals surface area contributed by atoms with Gasteiger partial charge >= 0.3 is 0 Å². The van der Waals surface area contributed by atoms with E-state index in [0.717, 1.165) is 56.3 Å². The highest BCUT2D eigenvalue weighted by atomic mass is 16.2. The largest absolute Gasteiger partial charge is 0.342 e. The van der Waals surface area contributed by atoms with Crippen LogP contribution in [0.1, 0.15) is 43.2 Å². The zero-order valence-corrected chi connectivity index (χ0v) is 16.8. The number of carbonyl (C=O) groups excluding carboxylic acids is 1. The highest BCUT2D eigenvalue weighted by molar-refractivity contribution is 5.87. The van der Waals surface area contributed by atoms with E-state index in [0.29, 0.717) is 23.3 Å². The Labute approximate surface area is 167 Å². The Morgan fingerprint density at radius 3 is 2.75 bits per heavy atom. The minimum atomic E-state index is 0.168. The second kappa shape index (κ2) is 7.89. The molecule has 2 fully saturated rings. The summed E-state index contributed by atoms with van der Waals surface area (Å²) in [4.78, 5) is 22.1. The number of rotatable bonds is 2. The lowest BCUT2D eigenvalue weighted by Crippen LogP contribution is -2.47. The number of nitriles is 1. The normalized spacial score (nSPS) is 24.2. The van der Waals surface area contributed by atoms with E-state index in [1.54, 1.807) is 6.20 Å². The summed E-state index contributed by atoms with van der Waals surface area (Å²) < 4.78 is 0. The van der Waals surface area contributed by atoms with Gasteiger partial charge in [0.1, 0.15) is 6.07 Å². The van der Waals surface area contributed by atoms with E-state index in [-0.39, 0.29) is 5.92 Å². The Bertz CT molecular complexity index is 910. The summed E-state index contributed by atoms with van der Waals surface area (Å²) >= 11 is 0. The second-order valence-electron chi connectivity index (χ2n) is 8.57. The molecular weight excluding hydrogens is 348 g/mol. The maximum Gasteiger partial charge on any atom is 0.225 e. The Morgan fingerprint density at radius 1 is 1.21 bits per heavy atom. The Balaban J connectivity index is 1.60. The van der Waals surface area contributed by atoms with Gasteiger partial charge in [-0.15, -0.1) is 0 Å². The second-order valence-corrected chi connectivity index (χ2v) is 8.57. The maximum atomic E-state index is 13.2. The third-order valence-electron chi connectivity index (χ3n) is 6.40. The fourth-order valence-electron chi connectivity index (χ4n) is 4.91. The topological polar surface area (TPSA) is 60.2 Å². The van der Waals surface area contributed by atoms with Crippen LogP contribution in [0.2, 0.25) is 0 Å². The maximum absolute atomic E-state index is 13.2. The molecule has 1 amide bonds. The molecular formula is C23H28N4O. The predicted octanol–water partition coefficient (Wildman–Crippen LogP) is 3.40. The number of likely N-dealkylation sites (tertiary alicyclic amines) is 2. The minimum absolute atomic E-state index is 0.168. The summed E-state index contributed by atoms with van der Waals surface area (Å²) in [7, 11) is 2.13. The molecule has 0 aliphatic carbocycles. The predicted molar refractivity (Wildman–Crippen MR) is 110 cm³/mol. The van der Waals surface area contributed by atoms with E-state index in [4.69, 9.17) is 0 Å². The molecule has 0 saturated carbocycles. The molecule has 2 aliphatic rings. The van der Waals surface area contributed by atoms with Crippen LogP contribution >= 0.6 is 0 Å². The van der Waals surface area contributed by atoms with Crippen LogP contribution in [0, 0.1) is 23.2 Å². The number of carbonyl (C=O) groups is 1. The molecule has 0 radical (unpaired) electrons. The molecule has 28 heavy (non-hydrogen) atoms. The van der Waals surface area contributed by atoms with Gasteiger partial charge in [0.05, 0.1) is 11.1 Å². The van der Waals surface area contributed by atoms with Crippen LogP contribution in [-0.4, -0.2) is 53.9 Å². The lowest BCUT2D eigenvalue weighted by Gasteiger charge is -2.40. The number of nitrogens with zero attached hydrogens (tertiary/aromatic N) is 4. The molecule has 3 heterocycles. The summed E-state index contributed by atoms with van der Waals surface area (Å²) in [6, 6.07) is 10.2. The van der Waals surface area contributed by atoms with Crippen molar-refractivity contribution in [1.29, 1.82) is 5.26 Å². The van der Waals surface area contributed by atoms with Gasteiger partial charge < -0.3 is 9.80 Å². The Kier molecular flexibility index (Phi) is 5.32. The molecule has 0 bridgehead atoms. The molecule has 2 aromatic rings. The van der Waals surface area contributed by atoms with Crippen molar-refractivity contribution in [2.45, 2.75) is 32.1 Å². The average Bonchev–Trinajstić information content (AvgIpc) is 2.72.